The number of carbonyl (C=O) groups excluding carboxylic acids is 2. The van der Waals surface area contributed by atoms with Gasteiger partial charge in [-0.3, -0.25) is 9.78 Å². The second kappa shape index (κ2) is 11.2. The molecular formula is C28H30FN9O2. The fourth-order valence-electron chi connectivity index (χ4n) is 4.88. The van der Waals surface area contributed by atoms with Crippen LogP contribution in [-0.4, -0.2) is 49.6 Å². The van der Waals surface area contributed by atoms with E-state index in [9.17, 15) is 14.0 Å². The zero-order chi connectivity index (χ0) is 27.5. The molecule has 4 aromatic rings. The van der Waals surface area contributed by atoms with Gasteiger partial charge in [0.2, 0.25) is 0 Å². The summed E-state index contributed by atoms with van der Waals surface area (Å²) in [6.45, 7) is 0. The maximum atomic E-state index is 14.1. The normalized spacial score (nSPS) is 18.6. The fraction of sp³-hybridized carbons (Fsp3) is 0.321. The van der Waals surface area contributed by atoms with Crippen molar-refractivity contribution < 1.29 is 14.0 Å². The van der Waals surface area contributed by atoms with Crippen LogP contribution in [0.3, 0.4) is 0 Å². The number of nitrogens with one attached hydrogen (secondary N) is 5. The predicted molar refractivity (Wildman–Crippen MR) is 150 cm³/mol. The lowest BCUT2D eigenvalue weighted by Gasteiger charge is -2.30. The largest absolute Gasteiger partial charge is 0.379 e. The van der Waals surface area contributed by atoms with E-state index in [4.69, 9.17) is 0 Å². The number of hydrogen-bond acceptors (Lipinski definition) is 7. The Morgan fingerprint density at radius 3 is 2.33 bits per heavy atom. The third-order valence-electron chi connectivity index (χ3n) is 7.10. The Hall–Kier alpha value is -4.74. The minimum atomic E-state index is -0.626. The molecule has 6 rings (SSSR count). The standard InChI is InChI=1S/C28H30FN9O2/c29-21-15-30-13-12-22(21)36-27(39)24-16-31-26-23(32-18-6-7-18)14-25(37-38(24)26)33-19-8-10-20(11-9-19)35-28(40)34-17-4-2-1-3-5-17/h1-5,12-16,18-20,32H,6-11H2,(H,33,37)(H,30,36,39)(H2,34,35,40). The van der Waals surface area contributed by atoms with Crippen molar-refractivity contribution in [2.45, 2.75) is 56.7 Å². The maximum Gasteiger partial charge on any atom is 0.319 e. The van der Waals surface area contributed by atoms with Crippen LogP contribution in [0.25, 0.3) is 5.65 Å². The summed E-state index contributed by atoms with van der Waals surface area (Å²) in [6.07, 6.45) is 9.38. The maximum absolute atomic E-state index is 14.1. The number of urea groups is 1. The molecule has 0 bridgehead atoms. The molecule has 2 saturated carbocycles. The third-order valence-corrected chi connectivity index (χ3v) is 7.10. The number of imidazole rings is 1. The SMILES string of the molecule is O=C(Nc1ccccc1)NC1CCC(Nc2cc(NC3CC3)c3ncc(C(=O)Nc4ccncc4F)n3n2)CC1. The molecular weight excluding hydrogens is 513 g/mol. The number of nitrogens with zero attached hydrogens (tertiary/aromatic N) is 4. The quantitative estimate of drug-likeness (QED) is 0.218. The summed E-state index contributed by atoms with van der Waals surface area (Å²) in [7, 11) is 0. The summed E-state index contributed by atoms with van der Waals surface area (Å²) in [5.41, 5.74) is 2.28. The monoisotopic (exact) mass is 543 g/mol. The number of benzene rings is 1. The Morgan fingerprint density at radius 2 is 1.57 bits per heavy atom. The van der Waals surface area contributed by atoms with Crippen LogP contribution in [0.15, 0.2) is 61.1 Å². The van der Waals surface area contributed by atoms with E-state index < -0.39 is 11.7 Å². The number of amides is 3. The Balaban J connectivity index is 1.13. The lowest BCUT2D eigenvalue weighted by Crippen LogP contribution is -2.42. The Kier molecular flexibility index (Phi) is 7.13. The Bertz CT molecular complexity index is 1520. The summed E-state index contributed by atoms with van der Waals surface area (Å²) in [4.78, 5) is 33.6. The van der Waals surface area contributed by atoms with E-state index in [-0.39, 0.29) is 29.5 Å². The number of halogens is 1. The van der Waals surface area contributed by atoms with Gasteiger partial charge in [-0.2, -0.15) is 0 Å². The van der Waals surface area contributed by atoms with Crippen LogP contribution in [0.4, 0.5) is 32.1 Å². The molecule has 0 unspecified atom stereocenters. The van der Waals surface area contributed by atoms with Gasteiger partial charge >= 0.3 is 6.03 Å². The molecule has 206 valence electrons. The first kappa shape index (κ1) is 25.5. The van der Waals surface area contributed by atoms with Gasteiger partial charge in [0.25, 0.3) is 5.91 Å². The first-order valence-electron chi connectivity index (χ1n) is 13.5. The molecule has 2 aliphatic carbocycles. The van der Waals surface area contributed by atoms with Crippen molar-refractivity contribution in [2.75, 3.05) is 21.3 Å². The number of fused-ring (bicyclic) bond motifs is 1. The molecule has 3 amide bonds. The molecule has 40 heavy (non-hydrogen) atoms. The van der Waals surface area contributed by atoms with Crippen molar-refractivity contribution >= 4 is 40.5 Å². The fourth-order valence-corrected chi connectivity index (χ4v) is 4.88. The van der Waals surface area contributed by atoms with Crippen molar-refractivity contribution in [3.8, 4) is 0 Å². The highest BCUT2D eigenvalue weighted by atomic mass is 19.1. The Labute approximate surface area is 230 Å². The van der Waals surface area contributed by atoms with Crippen molar-refractivity contribution in [1.29, 1.82) is 0 Å². The van der Waals surface area contributed by atoms with E-state index in [0.29, 0.717) is 17.5 Å². The molecule has 2 aliphatic rings. The molecule has 0 spiro atoms. The number of rotatable bonds is 8. The summed E-state index contributed by atoms with van der Waals surface area (Å²) in [6, 6.07) is 13.1. The third kappa shape index (κ3) is 5.95. The topological polar surface area (TPSA) is 137 Å². The van der Waals surface area contributed by atoms with Gasteiger partial charge in [0, 0.05) is 36.1 Å². The molecule has 0 aliphatic heterocycles. The van der Waals surface area contributed by atoms with Gasteiger partial charge < -0.3 is 26.6 Å². The molecule has 3 aromatic heterocycles. The van der Waals surface area contributed by atoms with Gasteiger partial charge in [-0.05, 0) is 56.7 Å². The molecule has 12 heteroatoms. The molecule has 3 heterocycles. The van der Waals surface area contributed by atoms with Crippen molar-refractivity contribution in [2.24, 2.45) is 0 Å². The number of carbonyl (C=O) groups is 2. The minimum Gasteiger partial charge on any atom is -0.379 e. The molecule has 5 N–H and O–H groups in total. The van der Waals surface area contributed by atoms with Gasteiger partial charge in [-0.15, -0.1) is 5.10 Å². The van der Waals surface area contributed by atoms with Gasteiger partial charge in [0.15, 0.2) is 17.2 Å². The number of pyridine rings is 1. The highest BCUT2D eigenvalue weighted by molar-refractivity contribution is 6.03. The summed E-state index contributed by atoms with van der Waals surface area (Å²) < 4.78 is 15.6. The number of aromatic nitrogens is 4. The lowest BCUT2D eigenvalue weighted by molar-refractivity contribution is 0.102. The Morgan fingerprint density at radius 1 is 0.850 bits per heavy atom. The number of anilines is 4. The molecule has 2 fully saturated rings. The average Bonchev–Trinajstić information content (AvgIpc) is 3.66. The van der Waals surface area contributed by atoms with E-state index in [1.807, 2.05) is 36.4 Å². The second-order valence-electron chi connectivity index (χ2n) is 10.2. The first-order chi connectivity index (χ1) is 19.5. The van der Waals surface area contributed by atoms with E-state index in [0.717, 1.165) is 56.1 Å². The molecule has 0 saturated heterocycles. The minimum absolute atomic E-state index is 0.0309. The van der Waals surface area contributed by atoms with E-state index in [1.165, 1.54) is 23.0 Å². The molecule has 1 aromatic carbocycles. The molecule has 11 nitrogen and oxygen atoms in total. The first-order valence-corrected chi connectivity index (χ1v) is 13.5. The van der Waals surface area contributed by atoms with Gasteiger partial charge in [0.05, 0.1) is 23.8 Å². The second-order valence-corrected chi connectivity index (χ2v) is 10.2. The van der Waals surface area contributed by atoms with Gasteiger partial charge in [-0.25, -0.2) is 18.7 Å². The predicted octanol–water partition coefficient (Wildman–Crippen LogP) is 4.63. The van der Waals surface area contributed by atoms with Crippen molar-refractivity contribution in [3.05, 3.63) is 72.6 Å². The highest BCUT2D eigenvalue weighted by Gasteiger charge is 2.26. The van der Waals surface area contributed by atoms with Gasteiger partial charge in [0.1, 0.15) is 5.82 Å². The summed E-state index contributed by atoms with van der Waals surface area (Å²) >= 11 is 0. The van der Waals surface area contributed by atoms with Crippen molar-refractivity contribution in [1.82, 2.24) is 24.9 Å². The van der Waals surface area contributed by atoms with E-state index in [2.05, 4.69) is 41.7 Å². The molecule has 0 atom stereocenters. The van der Waals surface area contributed by atoms with Crippen LogP contribution in [0.5, 0.6) is 0 Å². The molecule has 0 radical (unpaired) electrons. The summed E-state index contributed by atoms with van der Waals surface area (Å²) in [5, 5.41) is 20.2. The van der Waals surface area contributed by atoms with Crippen LogP contribution in [0.1, 0.15) is 49.0 Å². The summed E-state index contributed by atoms with van der Waals surface area (Å²) in [5.74, 6) is -0.547. The van der Waals surface area contributed by atoms with Crippen molar-refractivity contribution in [3.63, 3.8) is 0 Å². The smallest absolute Gasteiger partial charge is 0.319 e. The number of para-hydroxylation sites is 1. The average molecular weight is 544 g/mol. The zero-order valence-corrected chi connectivity index (χ0v) is 21.7. The zero-order valence-electron chi connectivity index (χ0n) is 21.7. The van der Waals surface area contributed by atoms with E-state index >= 15 is 0 Å². The lowest BCUT2D eigenvalue weighted by atomic mass is 9.91. The van der Waals surface area contributed by atoms with Crippen LogP contribution in [0, 0.1) is 5.82 Å². The number of hydrogen-bond donors (Lipinski definition) is 5. The highest BCUT2D eigenvalue weighted by Crippen LogP contribution is 2.30. The van der Waals surface area contributed by atoms with Crippen LogP contribution in [0.2, 0.25) is 0 Å². The van der Waals surface area contributed by atoms with E-state index in [1.54, 1.807) is 0 Å². The van der Waals surface area contributed by atoms with Crippen LogP contribution >= 0.6 is 0 Å². The van der Waals surface area contributed by atoms with Gasteiger partial charge in [-0.1, -0.05) is 18.2 Å². The van der Waals surface area contributed by atoms with Crippen LogP contribution < -0.4 is 26.6 Å². The van der Waals surface area contributed by atoms with Crippen LogP contribution in [-0.2, 0) is 0 Å².